The highest BCUT2D eigenvalue weighted by molar-refractivity contribution is 7.22. The van der Waals surface area contributed by atoms with Crippen molar-refractivity contribution in [3.8, 4) is 0 Å². The van der Waals surface area contributed by atoms with Gasteiger partial charge in [0.25, 0.3) is 0 Å². The van der Waals surface area contributed by atoms with Crippen molar-refractivity contribution in [2.45, 2.75) is 12.8 Å². The van der Waals surface area contributed by atoms with E-state index in [0.717, 1.165) is 26.2 Å². The number of pyridine rings is 1. The van der Waals surface area contributed by atoms with Crippen molar-refractivity contribution in [1.29, 1.82) is 0 Å². The Hall–Kier alpha value is -2.24. The van der Waals surface area contributed by atoms with E-state index >= 15 is 0 Å². The Morgan fingerprint density at radius 1 is 1.32 bits per heavy atom. The van der Waals surface area contributed by atoms with Crippen LogP contribution >= 0.6 is 11.3 Å². The minimum absolute atomic E-state index is 0.0779. The van der Waals surface area contributed by atoms with Crippen LogP contribution in [-0.2, 0) is 4.79 Å². The van der Waals surface area contributed by atoms with Crippen molar-refractivity contribution in [2.24, 2.45) is 5.73 Å². The lowest BCUT2D eigenvalue weighted by Gasteiger charge is -2.14. The van der Waals surface area contributed by atoms with Gasteiger partial charge in [0, 0.05) is 18.9 Å². The molecule has 3 N–H and O–H groups in total. The number of nitrogens with zero attached hydrogens (tertiary/aromatic N) is 1. The predicted octanol–water partition coefficient (Wildman–Crippen LogP) is 3.29. The van der Waals surface area contributed by atoms with Gasteiger partial charge in [-0.15, -0.1) is 11.3 Å². The van der Waals surface area contributed by atoms with Crippen LogP contribution in [0, 0.1) is 6.92 Å². The largest absolute Gasteiger partial charge is 0.329 e. The molecule has 1 atom stereocenters. The van der Waals surface area contributed by atoms with E-state index in [0.29, 0.717) is 0 Å². The first-order valence-electron chi connectivity index (χ1n) is 7.08. The Labute approximate surface area is 133 Å². The predicted molar refractivity (Wildman–Crippen MR) is 91.2 cm³/mol. The summed E-state index contributed by atoms with van der Waals surface area (Å²) in [7, 11) is 0. The van der Waals surface area contributed by atoms with E-state index in [1.165, 1.54) is 11.3 Å². The van der Waals surface area contributed by atoms with Gasteiger partial charge in [0.05, 0.1) is 15.6 Å². The van der Waals surface area contributed by atoms with Crippen LogP contribution in [0.5, 0.6) is 0 Å². The third-order valence-corrected chi connectivity index (χ3v) is 4.60. The number of aromatic nitrogens is 1. The molecule has 2 heterocycles. The molecule has 0 saturated heterocycles. The third-order valence-electron chi connectivity index (χ3n) is 3.60. The second-order valence-electron chi connectivity index (χ2n) is 5.21. The van der Waals surface area contributed by atoms with Gasteiger partial charge in [-0.1, -0.05) is 29.8 Å². The molecule has 0 fully saturated rings. The lowest BCUT2D eigenvalue weighted by atomic mass is 9.97. The highest BCUT2D eigenvalue weighted by atomic mass is 32.1. The minimum atomic E-state index is -0.344. The van der Waals surface area contributed by atoms with Crippen LogP contribution in [0.15, 0.2) is 48.8 Å². The van der Waals surface area contributed by atoms with E-state index in [1.807, 2.05) is 43.3 Å². The number of fused-ring (bicyclic) bond motifs is 1. The molecule has 0 radical (unpaired) electrons. The molecule has 1 amide bonds. The highest BCUT2D eigenvalue weighted by Crippen LogP contribution is 2.29. The Balaban J connectivity index is 1.80. The van der Waals surface area contributed by atoms with E-state index in [1.54, 1.807) is 12.4 Å². The molecule has 22 heavy (non-hydrogen) atoms. The fourth-order valence-corrected chi connectivity index (χ4v) is 3.28. The summed E-state index contributed by atoms with van der Waals surface area (Å²) in [6.45, 7) is 2.30. The number of benzene rings is 1. The number of nitrogens with two attached hydrogens (primary N) is 1. The molecule has 4 nitrogen and oxygen atoms in total. The Kier molecular flexibility index (Phi) is 4.18. The second kappa shape index (κ2) is 6.25. The molecule has 0 aliphatic carbocycles. The summed E-state index contributed by atoms with van der Waals surface area (Å²) in [4.78, 5) is 16.6. The van der Waals surface area contributed by atoms with Crippen LogP contribution in [0.3, 0.4) is 0 Å². The van der Waals surface area contributed by atoms with Gasteiger partial charge >= 0.3 is 0 Å². The Morgan fingerprint density at radius 2 is 2.09 bits per heavy atom. The van der Waals surface area contributed by atoms with Crippen LogP contribution < -0.4 is 11.1 Å². The normalized spacial score (nSPS) is 12.3. The fourth-order valence-electron chi connectivity index (χ4n) is 2.35. The first kappa shape index (κ1) is 14.7. The van der Waals surface area contributed by atoms with Gasteiger partial charge < -0.3 is 11.1 Å². The van der Waals surface area contributed by atoms with E-state index in [4.69, 9.17) is 5.73 Å². The molecular weight excluding hydrogens is 294 g/mol. The number of carbonyl (C=O) groups is 1. The molecule has 0 saturated carbocycles. The number of amides is 1. The zero-order chi connectivity index (χ0) is 15.5. The van der Waals surface area contributed by atoms with Crippen LogP contribution in [0.2, 0.25) is 0 Å². The number of hydrogen-bond donors (Lipinski definition) is 2. The SMILES string of the molecule is Cc1ccc([C@@H](CN)C(=O)Nc2cc3ccncc3s2)cc1. The molecule has 0 spiro atoms. The summed E-state index contributed by atoms with van der Waals surface area (Å²) in [5.41, 5.74) is 7.91. The number of carbonyl (C=O) groups excluding carboxylic acids is 1. The molecule has 3 aromatic rings. The second-order valence-corrected chi connectivity index (χ2v) is 6.30. The molecular formula is C17H17N3OS. The topological polar surface area (TPSA) is 68.0 Å². The van der Waals surface area contributed by atoms with Crippen LogP contribution in [0.25, 0.3) is 10.1 Å². The van der Waals surface area contributed by atoms with E-state index < -0.39 is 0 Å². The van der Waals surface area contributed by atoms with Crippen molar-refractivity contribution in [1.82, 2.24) is 4.98 Å². The number of rotatable bonds is 4. The summed E-state index contributed by atoms with van der Waals surface area (Å²) in [5.74, 6) is -0.421. The van der Waals surface area contributed by atoms with Gasteiger partial charge in [-0.2, -0.15) is 0 Å². The van der Waals surface area contributed by atoms with E-state index in [-0.39, 0.29) is 18.4 Å². The molecule has 2 aromatic heterocycles. The van der Waals surface area contributed by atoms with Gasteiger partial charge in [-0.25, -0.2) is 0 Å². The number of anilines is 1. The third kappa shape index (κ3) is 3.00. The molecule has 0 bridgehead atoms. The monoisotopic (exact) mass is 311 g/mol. The summed E-state index contributed by atoms with van der Waals surface area (Å²) >= 11 is 1.52. The summed E-state index contributed by atoms with van der Waals surface area (Å²) in [6.07, 6.45) is 3.55. The zero-order valence-corrected chi connectivity index (χ0v) is 13.1. The average molecular weight is 311 g/mol. The van der Waals surface area contributed by atoms with Crippen LogP contribution in [-0.4, -0.2) is 17.4 Å². The van der Waals surface area contributed by atoms with Crippen molar-refractivity contribution >= 4 is 32.3 Å². The summed E-state index contributed by atoms with van der Waals surface area (Å²) in [6, 6.07) is 11.8. The number of hydrogen-bond acceptors (Lipinski definition) is 4. The van der Waals surface area contributed by atoms with Crippen molar-refractivity contribution in [3.05, 3.63) is 59.9 Å². The standard InChI is InChI=1S/C17H17N3OS/c1-11-2-4-12(5-3-11)14(9-18)17(21)20-16-8-13-6-7-19-10-15(13)22-16/h2-8,10,14H,9,18H2,1H3,(H,20,21)/t14-/m1/s1. The van der Waals surface area contributed by atoms with Crippen LogP contribution in [0.1, 0.15) is 17.0 Å². The number of aryl methyl sites for hydroxylation is 1. The maximum atomic E-state index is 12.5. The lowest BCUT2D eigenvalue weighted by Crippen LogP contribution is -2.27. The van der Waals surface area contributed by atoms with Gasteiger partial charge in [0.15, 0.2) is 0 Å². The van der Waals surface area contributed by atoms with Crippen LogP contribution in [0.4, 0.5) is 5.00 Å². The molecule has 0 unspecified atom stereocenters. The zero-order valence-electron chi connectivity index (χ0n) is 12.2. The van der Waals surface area contributed by atoms with Crippen molar-refractivity contribution in [3.63, 3.8) is 0 Å². The van der Waals surface area contributed by atoms with E-state index in [9.17, 15) is 4.79 Å². The summed E-state index contributed by atoms with van der Waals surface area (Å²) < 4.78 is 1.05. The van der Waals surface area contributed by atoms with Crippen molar-refractivity contribution < 1.29 is 4.79 Å². The first-order chi connectivity index (χ1) is 10.7. The van der Waals surface area contributed by atoms with Gasteiger partial charge in [-0.05, 0) is 30.0 Å². The summed E-state index contributed by atoms with van der Waals surface area (Å²) in [5, 5.41) is 4.86. The van der Waals surface area contributed by atoms with Gasteiger partial charge in [0.1, 0.15) is 0 Å². The maximum absolute atomic E-state index is 12.5. The first-order valence-corrected chi connectivity index (χ1v) is 7.90. The molecule has 0 aliphatic heterocycles. The number of nitrogens with one attached hydrogen (secondary N) is 1. The molecule has 112 valence electrons. The quantitative estimate of drug-likeness (QED) is 0.777. The van der Waals surface area contributed by atoms with Gasteiger partial charge in [0.2, 0.25) is 5.91 Å². The maximum Gasteiger partial charge on any atom is 0.233 e. The minimum Gasteiger partial charge on any atom is -0.329 e. The number of thiophene rings is 1. The van der Waals surface area contributed by atoms with Gasteiger partial charge in [-0.3, -0.25) is 9.78 Å². The molecule has 0 aliphatic rings. The highest BCUT2D eigenvalue weighted by Gasteiger charge is 2.19. The molecule has 3 rings (SSSR count). The van der Waals surface area contributed by atoms with E-state index in [2.05, 4.69) is 10.3 Å². The Morgan fingerprint density at radius 3 is 2.77 bits per heavy atom. The van der Waals surface area contributed by atoms with Crippen molar-refractivity contribution in [2.75, 3.05) is 11.9 Å². The lowest BCUT2D eigenvalue weighted by molar-refractivity contribution is -0.117. The molecule has 1 aromatic carbocycles. The average Bonchev–Trinajstić information content (AvgIpc) is 2.92. The fraction of sp³-hybridized carbons (Fsp3) is 0.176. The smallest absolute Gasteiger partial charge is 0.233 e. The molecule has 5 heteroatoms. The Bertz CT molecular complexity index is 762.